The van der Waals surface area contributed by atoms with E-state index < -0.39 is 5.91 Å². The zero-order valence-electron chi connectivity index (χ0n) is 11.6. The van der Waals surface area contributed by atoms with Gasteiger partial charge in [0.25, 0.3) is 0 Å². The van der Waals surface area contributed by atoms with Gasteiger partial charge >= 0.3 is 0 Å². The summed E-state index contributed by atoms with van der Waals surface area (Å²) in [6, 6.07) is 9.79. The van der Waals surface area contributed by atoms with Crippen LogP contribution in [-0.4, -0.2) is 25.4 Å². The lowest BCUT2D eigenvalue weighted by molar-refractivity contribution is -0.118. The summed E-state index contributed by atoms with van der Waals surface area (Å²) in [6.07, 6.45) is 3.25. The molecule has 1 aromatic carbocycles. The van der Waals surface area contributed by atoms with E-state index in [4.69, 9.17) is 5.73 Å². The van der Waals surface area contributed by atoms with Gasteiger partial charge in [0.2, 0.25) is 5.91 Å². The van der Waals surface area contributed by atoms with Crippen LogP contribution in [0.25, 0.3) is 22.6 Å². The van der Waals surface area contributed by atoms with E-state index >= 15 is 0 Å². The smallest absolute Gasteiger partial charge is 0.237 e. The third kappa shape index (κ3) is 2.43. The van der Waals surface area contributed by atoms with E-state index in [1.807, 2.05) is 37.3 Å². The van der Waals surface area contributed by atoms with Gasteiger partial charge in [0.1, 0.15) is 12.2 Å². The van der Waals surface area contributed by atoms with Crippen LogP contribution in [-0.2, 0) is 11.3 Å². The molecule has 0 unspecified atom stereocenters. The molecule has 0 aliphatic carbocycles. The lowest BCUT2D eigenvalue weighted by atomic mass is 10.1. The number of hydrogen-bond donors (Lipinski definition) is 2. The van der Waals surface area contributed by atoms with Crippen molar-refractivity contribution in [2.24, 2.45) is 5.73 Å². The van der Waals surface area contributed by atoms with Gasteiger partial charge in [0.05, 0.1) is 24.0 Å². The molecule has 6 nitrogen and oxygen atoms in total. The molecule has 0 fully saturated rings. The third-order valence-electron chi connectivity index (χ3n) is 3.27. The molecule has 0 spiro atoms. The number of benzene rings is 1. The molecule has 0 bridgehead atoms. The van der Waals surface area contributed by atoms with E-state index in [0.29, 0.717) is 0 Å². The van der Waals surface area contributed by atoms with Gasteiger partial charge in [-0.15, -0.1) is 0 Å². The second-order valence-corrected chi connectivity index (χ2v) is 4.78. The predicted octanol–water partition coefficient (Wildman–Crippen LogP) is 1.73. The molecule has 0 atom stereocenters. The highest BCUT2D eigenvalue weighted by atomic mass is 16.1. The van der Waals surface area contributed by atoms with Crippen LogP contribution in [0.5, 0.6) is 0 Å². The van der Waals surface area contributed by atoms with Crippen LogP contribution in [0.1, 0.15) is 5.69 Å². The number of primary amides is 1. The molecule has 0 saturated carbocycles. The van der Waals surface area contributed by atoms with Crippen molar-refractivity contribution < 1.29 is 4.79 Å². The number of amides is 1. The predicted molar refractivity (Wildman–Crippen MR) is 79.2 cm³/mol. The molecule has 1 amide bonds. The molecule has 0 radical (unpaired) electrons. The van der Waals surface area contributed by atoms with Gasteiger partial charge < -0.3 is 15.3 Å². The van der Waals surface area contributed by atoms with Gasteiger partial charge in [0.15, 0.2) is 0 Å². The Kier molecular flexibility index (Phi) is 3.27. The Morgan fingerprint density at radius 1 is 1.24 bits per heavy atom. The lowest BCUT2D eigenvalue weighted by Crippen LogP contribution is -2.18. The zero-order valence-corrected chi connectivity index (χ0v) is 11.6. The highest BCUT2D eigenvalue weighted by Crippen LogP contribution is 2.31. The summed E-state index contributed by atoms with van der Waals surface area (Å²) in [5.41, 5.74) is 9.55. The van der Waals surface area contributed by atoms with Crippen molar-refractivity contribution in [1.82, 2.24) is 19.5 Å². The van der Waals surface area contributed by atoms with E-state index in [-0.39, 0.29) is 6.54 Å². The molecule has 3 rings (SSSR count). The number of hydrogen-bond acceptors (Lipinski definition) is 3. The number of carbonyl (C=O) groups is 1. The summed E-state index contributed by atoms with van der Waals surface area (Å²) in [5, 5.41) is 0. The zero-order chi connectivity index (χ0) is 14.8. The molecule has 106 valence electrons. The number of H-pyrrole nitrogens is 1. The normalized spacial score (nSPS) is 10.7. The van der Waals surface area contributed by atoms with Gasteiger partial charge in [-0.25, -0.2) is 9.97 Å². The van der Waals surface area contributed by atoms with Crippen molar-refractivity contribution in [1.29, 1.82) is 0 Å². The number of nitrogens with two attached hydrogens (primary N) is 1. The Morgan fingerprint density at radius 2 is 2.00 bits per heavy atom. The van der Waals surface area contributed by atoms with Crippen LogP contribution in [0, 0.1) is 6.92 Å². The van der Waals surface area contributed by atoms with Crippen LogP contribution < -0.4 is 5.73 Å². The highest BCUT2D eigenvalue weighted by molar-refractivity contribution is 5.80. The number of nitrogens with one attached hydrogen (secondary N) is 1. The summed E-state index contributed by atoms with van der Waals surface area (Å²) < 4.78 is 1.73. The average Bonchev–Trinajstić information content (AvgIpc) is 3.05. The molecule has 3 aromatic rings. The molecular weight excluding hydrogens is 266 g/mol. The first-order valence-corrected chi connectivity index (χ1v) is 6.56. The number of rotatable bonds is 4. The van der Waals surface area contributed by atoms with Crippen LogP contribution in [0.15, 0.2) is 43.0 Å². The van der Waals surface area contributed by atoms with E-state index in [1.54, 1.807) is 17.2 Å². The molecule has 0 saturated heterocycles. The van der Waals surface area contributed by atoms with Crippen LogP contribution >= 0.6 is 0 Å². The first-order valence-electron chi connectivity index (χ1n) is 6.56. The minimum Gasteiger partial charge on any atom is -0.368 e. The Balaban J connectivity index is 2.20. The van der Waals surface area contributed by atoms with Gasteiger partial charge in [-0.3, -0.25) is 4.79 Å². The van der Waals surface area contributed by atoms with Gasteiger partial charge in [-0.05, 0) is 6.92 Å². The molecule has 0 aliphatic rings. The second kappa shape index (κ2) is 5.24. The summed E-state index contributed by atoms with van der Waals surface area (Å²) in [5.74, 6) is -0.415. The largest absolute Gasteiger partial charge is 0.368 e. The maximum atomic E-state index is 11.3. The number of carbonyl (C=O) groups excluding carboxylic acids is 1. The fraction of sp³-hybridized carbons (Fsp3) is 0.133. The molecule has 21 heavy (non-hydrogen) atoms. The summed E-state index contributed by atoms with van der Waals surface area (Å²) in [4.78, 5) is 23.1. The average molecular weight is 281 g/mol. The van der Waals surface area contributed by atoms with Crippen molar-refractivity contribution in [2.45, 2.75) is 13.5 Å². The lowest BCUT2D eigenvalue weighted by Gasteiger charge is -2.07. The number of imidazole rings is 2. The van der Waals surface area contributed by atoms with Crippen LogP contribution in [0.2, 0.25) is 0 Å². The number of aromatic nitrogens is 4. The van der Waals surface area contributed by atoms with Gasteiger partial charge in [-0.2, -0.15) is 0 Å². The molecule has 6 heteroatoms. The molecular formula is C15H15N5O. The fourth-order valence-corrected chi connectivity index (χ4v) is 2.32. The molecule has 2 aromatic heterocycles. The second-order valence-electron chi connectivity index (χ2n) is 4.78. The Labute approximate surface area is 121 Å². The summed E-state index contributed by atoms with van der Waals surface area (Å²) >= 11 is 0. The highest BCUT2D eigenvalue weighted by Gasteiger charge is 2.19. The minimum atomic E-state index is -0.415. The SMILES string of the molecule is Cc1[nH]cnc1-c1c(-c2ccccc2)ncn1CC(N)=O. The van der Waals surface area contributed by atoms with Crippen molar-refractivity contribution in [2.75, 3.05) is 0 Å². The number of aryl methyl sites for hydroxylation is 1. The Bertz CT molecular complexity index is 772. The minimum absolute atomic E-state index is 0.0709. The van der Waals surface area contributed by atoms with E-state index in [9.17, 15) is 4.79 Å². The van der Waals surface area contributed by atoms with Gasteiger partial charge in [0, 0.05) is 11.3 Å². The Hall–Kier alpha value is -2.89. The number of nitrogens with zero attached hydrogens (tertiary/aromatic N) is 3. The quantitative estimate of drug-likeness (QED) is 0.763. The van der Waals surface area contributed by atoms with Crippen LogP contribution in [0.4, 0.5) is 0 Å². The first-order chi connectivity index (χ1) is 10.2. The van der Waals surface area contributed by atoms with Crippen molar-refractivity contribution in [3.63, 3.8) is 0 Å². The monoisotopic (exact) mass is 281 g/mol. The maximum Gasteiger partial charge on any atom is 0.237 e. The standard InChI is InChI=1S/C15H15N5O/c1-10-13(18-8-17-10)15-14(11-5-3-2-4-6-11)19-9-20(15)7-12(16)21/h2-6,8-9H,7H2,1H3,(H2,16,21)(H,17,18). The van der Waals surface area contributed by atoms with Gasteiger partial charge in [-0.1, -0.05) is 30.3 Å². The van der Waals surface area contributed by atoms with Crippen molar-refractivity contribution in [3.8, 4) is 22.6 Å². The van der Waals surface area contributed by atoms with Crippen molar-refractivity contribution in [3.05, 3.63) is 48.7 Å². The van der Waals surface area contributed by atoms with E-state index in [2.05, 4.69) is 15.0 Å². The van der Waals surface area contributed by atoms with Crippen molar-refractivity contribution >= 4 is 5.91 Å². The third-order valence-corrected chi connectivity index (χ3v) is 3.27. The number of aromatic amines is 1. The molecule has 2 heterocycles. The summed E-state index contributed by atoms with van der Waals surface area (Å²) in [6.45, 7) is 2.00. The van der Waals surface area contributed by atoms with Crippen LogP contribution in [0.3, 0.4) is 0 Å². The van der Waals surface area contributed by atoms with E-state index in [0.717, 1.165) is 28.3 Å². The maximum absolute atomic E-state index is 11.3. The van der Waals surface area contributed by atoms with E-state index in [1.165, 1.54) is 0 Å². The topological polar surface area (TPSA) is 89.6 Å². The molecule has 3 N–H and O–H groups in total. The summed E-state index contributed by atoms with van der Waals surface area (Å²) in [7, 11) is 0. The molecule has 0 aliphatic heterocycles. The Morgan fingerprint density at radius 3 is 2.62 bits per heavy atom. The first kappa shape index (κ1) is 13.1. The fourth-order valence-electron chi connectivity index (χ4n) is 2.32.